The van der Waals surface area contributed by atoms with Gasteiger partial charge in [0, 0.05) is 25.5 Å². The lowest BCUT2D eigenvalue weighted by atomic mass is 10.2. The Morgan fingerprint density at radius 1 is 1.28 bits per heavy atom. The molecule has 0 N–H and O–H groups in total. The van der Waals surface area contributed by atoms with Gasteiger partial charge in [-0.15, -0.1) is 11.3 Å². The highest BCUT2D eigenvalue weighted by atomic mass is 32.2. The van der Waals surface area contributed by atoms with Gasteiger partial charge in [0.1, 0.15) is 9.97 Å². The van der Waals surface area contributed by atoms with Gasteiger partial charge in [-0.3, -0.25) is 4.79 Å². The summed E-state index contributed by atoms with van der Waals surface area (Å²) in [7, 11) is -2.14. The van der Waals surface area contributed by atoms with Crippen LogP contribution in [-0.4, -0.2) is 43.7 Å². The van der Waals surface area contributed by atoms with Gasteiger partial charge in [-0.2, -0.15) is 4.31 Å². The molecule has 0 bridgehead atoms. The maximum atomic E-state index is 12.7. The number of sulfonamides is 1. The third kappa shape index (κ3) is 4.13. The summed E-state index contributed by atoms with van der Waals surface area (Å²) in [6.07, 6.45) is 5.81. The number of amides is 1. The Morgan fingerprint density at radius 3 is 2.64 bits per heavy atom. The fourth-order valence-electron chi connectivity index (χ4n) is 2.88. The van der Waals surface area contributed by atoms with Crippen molar-refractivity contribution in [3.8, 4) is 0 Å². The average Bonchev–Trinajstić information content (AvgIpc) is 3.21. The predicted molar refractivity (Wildman–Crippen MR) is 96.1 cm³/mol. The number of rotatable bonds is 5. The van der Waals surface area contributed by atoms with Gasteiger partial charge in [0.25, 0.3) is 15.9 Å². The first kappa shape index (κ1) is 18.2. The molecular weight excluding hydrogens is 360 g/mol. The Labute approximate surface area is 152 Å². The largest absolute Gasteiger partial charge is 0.468 e. The fourth-order valence-corrected chi connectivity index (χ4v) is 5.38. The van der Waals surface area contributed by atoms with Crippen LogP contribution in [0.4, 0.5) is 0 Å². The Kier molecular flexibility index (Phi) is 5.61. The quantitative estimate of drug-likeness (QED) is 0.796. The van der Waals surface area contributed by atoms with Crippen LogP contribution in [0.5, 0.6) is 0 Å². The lowest BCUT2D eigenvalue weighted by Gasteiger charge is -2.19. The van der Waals surface area contributed by atoms with Crippen LogP contribution in [-0.2, 0) is 16.6 Å². The van der Waals surface area contributed by atoms with Crippen LogP contribution in [0.3, 0.4) is 0 Å². The summed E-state index contributed by atoms with van der Waals surface area (Å²) in [5, 5.41) is 1.64. The first-order valence-corrected chi connectivity index (χ1v) is 10.7. The summed E-state index contributed by atoms with van der Waals surface area (Å²) in [5.74, 6) is 0.497. The van der Waals surface area contributed by atoms with Crippen LogP contribution < -0.4 is 0 Å². The Hall–Kier alpha value is -1.64. The Balaban J connectivity index is 1.74. The molecule has 3 rings (SSSR count). The minimum absolute atomic E-state index is 0.0757. The zero-order chi connectivity index (χ0) is 17.9. The number of nitrogens with zero attached hydrogens (tertiary/aromatic N) is 2. The molecule has 0 radical (unpaired) electrons. The number of hydrogen-bond acceptors (Lipinski definition) is 5. The molecule has 1 saturated heterocycles. The molecule has 2 aromatic rings. The lowest BCUT2D eigenvalue weighted by Crippen LogP contribution is -2.31. The van der Waals surface area contributed by atoms with Crippen LogP contribution in [0.25, 0.3) is 0 Å². The molecule has 0 saturated carbocycles. The number of hydrogen-bond donors (Lipinski definition) is 0. The standard InChI is InChI=1S/C17H22N2O4S2/c1-18(12-15-7-6-10-23-15)25(21,22)16-11-14(13-24-16)17(20)19-8-4-2-3-5-9-19/h6-7,10-11,13H,2-5,8-9,12H2,1H3. The predicted octanol–water partition coefficient (Wildman–Crippen LogP) is 3.18. The SMILES string of the molecule is CN(Cc1ccco1)S(=O)(=O)c1cc(C(=O)N2CCCCCC2)cs1. The van der Waals surface area contributed by atoms with E-state index in [2.05, 4.69) is 0 Å². The zero-order valence-electron chi connectivity index (χ0n) is 14.2. The highest BCUT2D eigenvalue weighted by Gasteiger charge is 2.26. The van der Waals surface area contributed by atoms with Gasteiger partial charge in [0.2, 0.25) is 0 Å². The summed E-state index contributed by atoms with van der Waals surface area (Å²) in [6, 6.07) is 4.94. The molecule has 1 fully saturated rings. The van der Waals surface area contributed by atoms with E-state index < -0.39 is 10.0 Å². The molecule has 1 amide bonds. The van der Waals surface area contributed by atoms with E-state index in [0.29, 0.717) is 11.3 Å². The van der Waals surface area contributed by atoms with Crippen molar-refractivity contribution < 1.29 is 17.6 Å². The highest BCUT2D eigenvalue weighted by Crippen LogP contribution is 2.26. The maximum absolute atomic E-state index is 12.7. The number of likely N-dealkylation sites (tertiary alicyclic amines) is 1. The molecule has 1 aliphatic heterocycles. The van der Waals surface area contributed by atoms with Crippen LogP contribution >= 0.6 is 11.3 Å². The minimum atomic E-state index is -3.64. The number of carbonyl (C=O) groups excluding carboxylic acids is 1. The van der Waals surface area contributed by atoms with E-state index in [1.54, 1.807) is 17.5 Å². The van der Waals surface area contributed by atoms with Gasteiger partial charge in [-0.1, -0.05) is 12.8 Å². The van der Waals surface area contributed by atoms with Crippen molar-refractivity contribution in [2.45, 2.75) is 36.4 Å². The van der Waals surface area contributed by atoms with E-state index in [4.69, 9.17) is 4.42 Å². The molecule has 1 aliphatic rings. The summed E-state index contributed by atoms with van der Waals surface area (Å²) in [4.78, 5) is 14.5. The van der Waals surface area contributed by atoms with E-state index in [-0.39, 0.29) is 16.7 Å². The molecule has 0 aliphatic carbocycles. The first-order chi connectivity index (χ1) is 12.0. The third-order valence-electron chi connectivity index (χ3n) is 4.34. The topological polar surface area (TPSA) is 70.8 Å². The summed E-state index contributed by atoms with van der Waals surface area (Å²) >= 11 is 1.09. The molecule has 0 atom stereocenters. The second-order valence-electron chi connectivity index (χ2n) is 6.20. The minimum Gasteiger partial charge on any atom is -0.468 e. The number of carbonyl (C=O) groups is 1. The van der Waals surface area contributed by atoms with Crippen molar-refractivity contribution >= 4 is 27.3 Å². The van der Waals surface area contributed by atoms with Crippen molar-refractivity contribution in [2.75, 3.05) is 20.1 Å². The van der Waals surface area contributed by atoms with E-state index in [9.17, 15) is 13.2 Å². The summed E-state index contributed by atoms with van der Waals surface area (Å²) in [5.41, 5.74) is 0.455. The second-order valence-corrected chi connectivity index (χ2v) is 9.38. The highest BCUT2D eigenvalue weighted by molar-refractivity contribution is 7.91. The van der Waals surface area contributed by atoms with Gasteiger partial charge >= 0.3 is 0 Å². The van der Waals surface area contributed by atoms with Crippen molar-refractivity contribution in [1.82, 2.24) is 9.21 Å². The zero-order valence-corrected chi connectivity index (χ0v) is 15.8. The number of thiophene rings is 1. The van der Waals surface area contributed by atoms with Crippen LogP contribution in [0.2, 0.25) is 0 Å². The Morgan fingerprint density at radius 2 is 2.00 bits per heavy atom. The molecule has 6 nitrogen and oxygen atoms in total. The van der Waals surface area contributed by atoms with Crippen molar-refractivity contribution in [2.24, 2.45) is 0 Å². The van der Waals surface area contributed by atoms with Gasteiger partial charge in [-0.05, 0) is 31.0 Å². The van der Waals surface area contributed by atoms with E-state index in [0.717, 1.165) is 50.1 Å². The smallest absolute Gasteiger partial charge is 0.254 e. The molecule has 0 aromatic carbocycles. The molecule has 136 valence electrons. The molecular formula is C17H22N2O4S2. The van der Waals surface area contributed by atoms with E-state index >= 15 is 0 Å². The fraction of sp³-hybridized carbons (Fsp3) is 0.471. The third-order valence-corrected chi connectivity index (χ3v) is 7.56. The monoisotopic (exact) mass is 382 g/mol. The van der Waals surface area contributed by atoms with Crippen molar-refractivity contribution in [1.29, 1.82) is 0 Å². The van der Waals surface area contributed by atoms with E-state index in [1.807, 2.05) is 4.90 Å². The van der Waals surface area contributed by atoms with E-state index in [1.165, 1.54) is 23.7 Å². The Bertz CT molecular complexity index is 804. The second kappa shape index (κ2) is 7.72. The van der Waals surface area contributed by atoms with Crippen molar-refractivity contribution in [3.63, 3.8) is 0 Å². The maximum Gasteiger partial charge on any atom is 0.254 e. The van der Waals surface area contributed by atoms with Gasteiger partial charge in [-0.25, -0.2) is 8.42 Å². The summed E-state index contributed by atoms with van der Waals surface area (Å²) < 4.78 is 32.0. The van der Waals surface area contributed by atoms with Gasteiger partial charge in [0.05, 0.1) is 18.4 Å². The molecule has 25 heavy (non-hydrogen) atoms. The first-order valence-electron chi connectivity index (χ1n) is 8.35. The molecule has 0 unspecified atom stereocenters. The summed E-state index contributed by atoms with van der Waals surface area (Å²) in [6.45, 7) is 1.65. The molecule has 2 aromatic heterocycles. The van der Waals surface area contributed by atoms with Crippen molar-refractivity contribution in [3.05, 3.63) is 41.2 Å². The molecule has 3 heterocycles. The molecule has 0 spiro atoms. The molecule has 8 heteroatoms. The van der Waals surface area contributed by atoms with Crippen LogP contribution in [0.15, 0.2) is 38.5 Å². The normalized spacial score (nSPS) is 16.2. The van der Waals surface area contributed by atoms with Crippen LogP contribution in [0, 0.1) is 0 Å². The van der Waals surface area contributed by atoms with Gasteiger partial charge < -0.3 is 9.32 Å². The van der Waals surface area contributed by atoms with Crippen LogP contribution in [0.1, 0.15) is 41.8 Å². The van der Waals surface area contributed by atoms with Gasteiger partial charge in [0.15, 0.2) is 0 Å². The number of furan rings is 1. The average molecular weight is 383 g/mol. The lowest BCUT2D eigenvalue weighted by molar-refractivity contribution is 0.0762.